The zero-order valence-electron chi connectivity index (χ0n) is 16.2. The second-order valence-corrected chi connectivity index (χ2v) is 8.01. The molecule has 2 fully saturated rings. The molecule has 1 aromatic carbocycles. The molecular weight excluding hydrogens is 379 g/mol. The number of halogens is 3. The third-order valence-electron chi connectivity index (χ3n) is 5.99. The fourth-order valence-electron chi connectivity index (χ4n) is 4.42. The Hall–Kier alpha value is -2.44. The topological polar surface area (TPSA) is 46.1 Å². The molecule has 7 heteroatoms. The number of hydrogen-bond acceptors (Lipinski definition) is 3. The summed E-state index contributed by atoms with van der Waals surface area (Å²) in [7, 11) is 0. The Bertz CT molecular complexity index is 878. The van der Waals surface area contributed by atoms with E-state index in [1.54, 1.807) is 12.3 Å². The van der Waals surface area contributed by atoms with Crippen LogP contribution < -0.4 is 0 Å². The number of carbonyl (C=O) groups is 1. The lowest BCUT2D eigenvalue weighted by Gasteiger charge is -2.34. The van der Waals surface area contributed by atoms with Crippen LogP contribution in [0.1, 0.15) is 55.7 Å². The van der Waals surface area contributed by atoms with Crippen LogP contribution in [0.4, 0.5) is 13.2 Å². The summed E-state index contributed by atoms with van der Waals surface area (Å²) >= 11 is 0. The Morgan fingerprint density at radius 2 is 1.86 bits per heavy atom. The van der Waals surface area contributed by atoms with Crippen LogP contribution in [0.15, 0.2) is 36.7 Å². The zero-order chi connectivity index (χ0) is 20.4. The summed E-state index contributed by atoms with van der Waals surface area (Å²) in [6.45, 7) is 1.38. The van der Waals surface area contributed by atoms with E-state index in [2.05, 4.69) is 9.97 Å². The minimum atomic E-state index is -4.40. The number of piperidine rings is 1. The Balaban J connectivity index is 1.53. The molecular formula is C22H24F3N3O. The highest BCUT2D eigenvalue weighted by molar-refractivity contribution is 5.79. The molecule has 1 aromatic heterocycles. The van der Waals surface area contributed by atoms with Crippen LogP contribution in [0.3, 0.4) is 0 Å². The van der Waals surface area contributed by atoms with E-state index >= 15 is 0 Å². The Morgan fingerprint density at radius 1 is 1.07 bits per heavy atom. The van der Waals surface area contributed by atoms with Gasteiger partial charge in [0.2, 0.25) is 5.91 Å². The maximum absolute atomic E-state index is 13.0. The van der Waals surface area contributed by atoms with Crippen molar-refractivity contribution in [2.45, 2.75) is 50.6 Å². The average Bonchev–Trinajstić information content (AvgIpc) is 3.28. The van der Waals surface area contributed by atoms with Crippen LogP contribution in [0.2, 0.25) is 0 Å². The second kappa shape index (κ2) is 8.13. The van der Waals surface area contributed by atoms with Crippen molar-refractivity contribution in [1.29, 1.82) is 0 Å². The van der Waals surface area contributed by atoms with Gasteiger partial charge in [0.1, 0.15) is 0 Å². The molecule has 4 nitrogen and oxygen atoms in total. The van der Waals surface area contributed by atoms with E-state index in [0.717, 1.165) is 62.9 Å². The number of hydrogen-bond donors (Lipinski definition) is 0. The normalized spacial score (nSPS) is 20.8. The fourth-order valence-corrected chi connectivity index (χ4v) is 4.42. The lowest BCUT2D eigenvalue weighted by molar-refractivity contribution is -0.138. The molecule has 2 heterocycles. The molecule has 1 unspecified atom stereocenters. The second-order valence-electron chi connectivity index (χ2n) is 8.01. The number of rotatable bonds is 3. The molecule has 0 bridgehead atoms. The van der Waals surface area contributed by atoms with Gasteiger partial charge in [-0.05, 0) is 37.8 Å². The molecule has 1 atom stereocenters. The highest BCUT2D eigenvalue weighted by atomic mass is 19.4. The van der Waals surface area contributed by atoms with Gasteiger partial charge in [-0.1, -0.05) is 25.0 Å². The maximum Gasteiger partial charge on any atom is 0.416 e. The van der Waals surface area contributed by atoms with Crippen LogP contribution in [-0.4, -0.2) is 33.9 Å². The molecule has 1 aliphatic heterocycles. The van der Waals surface area contributed by atoms with Crippen LogP contribution >= 0.6 is 0 Å². The number of nitrogens with zero attached hydrogens (tertiary/aromatic N) is 3. The number of aromatic nitrogens is 2. The van der Waals surface area contributed by atoms with Crippen LogP contribution in [0.5, 0.6) is 0 Å². The standard InChI is InChI=1S/C22H24F3N3O/c23-22(24,25)18-9-3-7-16(11-18)19-12-26-13-20(27-19)17-8-4-10-28(14-17)21(29)15-5-1-2-6-15/h3,7,9,11-13,15,17H,1-2,4-6,8,10,14H2. The monoisotopic (exact) mass is 403 g/mol. The van der Waals surface area contributed by atoms with E-state index in [4.69, 9.17) is 0 Å². The summed E-state index contributed by atoms with van der Waals surface area (Å²) in [5.41, 5.74) is 0.855. The first-order valence-corrected chi connectivity index (χ1v) is 10.2. The molecule has 2 aromatic rings. The molecule has 29 heavy (non-hydrogen) atoms. The van der Waals surface area contributed by atoms with Gasteiger partial charge in [-0.3, -0.25) is 9.78 Å². The Labute approximate surface area is 168 Å². The first-order chi connectivity index (χ1) is 13.9. The number of likely N-dealkylation sites (tertiary alicyclic amines) is 1. The predicted octanol–water partition coefficient (Wildman–Crippen LogP) is 5.06. The van der Waals surface area contributed by atoms with Crippen LogP contribution in [-0.2, 0) is 11.0 Å². The molecule has 1 saturated heterocycles. The van der Waals surface area contributed by atoms with Gasteiger partial charge < -0.3 is 4.90 Å². The predicted molar refractivity (Wildman–Crippen MR) is 103 cm³/mol. The number of carbonyl (C=O) groups excluding carboxylic acids is 1. The van der Waals surface area contributed by atoms with Crippen molar-refractivity contribution in [2.24, 2.45) is 5.92 Å². The van der Waals surface area contributed by atoms with Crippen molar-refractivity contribution >= 4 is 5.91 Å². The number of alkyl halides is 3. The first kappa shape index (κ1) is 19.9. The molecule has 1 saturated carbocycles. The summed E-state index contributed by atoms with van der Waals surface area (Å²) in [6.07, 6.45) is 4.76. The van der Waals surface area contributed by atoms with Gasteiger partial charge in [0.15, 0.2) is 0 Å². The van der Waals surface area contributed by atoms with E-state index in [-0.39, 0.29) is 17.7 Å². The number of amides is 1. The lowest BCUT2D eigenvalue weighted by atomic mass is 9.93. The van der Waals surface area contributed by atoms with Crippen molar-refractivity contribution in [3.8, 4) is 11.3 Å². The van der Waals surface area contributed by atoms with Gasteiger partial charge in [-0.25, -0.2) is 4.98 Å². The quantitative estimate of drug-likeness (QED) is 0.720. The fraction of sp³-hybridized carbons (Fsp3) is 0.500. The van der Waals surface area contributed by atoms with E-state index in [1.807, 2.05) is 4.90 Å². The molecule has 0 spiro atoms. The van der Waals surface area contributed by atoms with Crippen molar-refractivity contribution < 1.29 is 18.0 Å². The smallest absolute Gasteiger partial charge is 0.342 e. The summed E-state index contributed by atoms with van der Waals surface area (Å²) < 4.78 is 39.1. The van der Waals surface area contributed by atoms with Crippen LogP contribution in [0.25, 0.3) is 11.3 Å². The third-order valence-corrected chi connectivity index (χ3v) is 5.99. The van der Waals surface area contributed by atoms with Gasteiger partial charge in [0.25, 0.3) is 0 Å². The summed E-state index contributed by atoms with van der Waals surface area (Å²) in [5.74, 6) is 0.456. The highest BCUT2D eigenvalue weighted by Crippen LogP contribution is 2.33. The summed E-state index contributed by atoms with van der Waals surface area (Å²) in [5, 5.41) is 0. The summed E-state index contributed by atoms with van der Waals surface area (Å²) in [4.78, 5) is 23.6. The SMILES string of the molecule is O=C(C1CCCC1)N1CCCC(c2cncc(-c3cccc(C(F)(F)F)c3)n2)C1. The Morgan fingerprint density at radius 3 is 2.62 bits per heavy atom. The molecule has 0 radical (unpaired) electrons. The minimum absolute atomic E-state index is 0.0624. The van der Waals surface area contributed by atoms with Gasteiger partial charge in [0, 0.05) is 36.7 Å². The van der Waals surface area contributed by atoms with E-state index in [0.29, 0.717) is 17.8 Å². The van der Waals surface area contributed by atoms with Gasteiger partial charge in [-0.15, -0.1) is 0 Å². The molecule has 1 aliphatic carbocycles. The van der Waals surface area contributed by atoms with E-state index in [1.165, 1.54) is 12.3 Å². The van der Waals surface area contributed by atoms with Gasteiger partial charge in [-0.2, -0.15) is 13.2 Å². The number of benzene rings is 1. The lowest BCUT2D eigenvalue weighted by Crippen LogP contribution is -2.42. The Kier molecular flexibility index (Phi) is 5.56. The van der Waals surface area contributed by atoms with E-state index in [9.17, 15) is 18.0 Å². The van der Waals surface area contributed by atoms with Crippen molar-refractivity contribution in [3.05, 3.63) is 47.9 Å². The molecule has 0 N–H and O–H groups in total. The van der Waals surface area contributed by atoms with E-state index < -0.39 is 11.7 Å². The molecule has 2 aliphatic rings. The third kappa shape index (κ3) is 4.43. The minimum Gasteiger partial charge on any atom is -0.342 e. The average molecular weight is 403 g/mol. The van der Waals surface area contributed by atoms with Gasteiger partial charge >= 0.3 is 6.18 Å². The summed E-state index contributed by atoms with van der Waals surface area (Å²) in [6, 6.07) is 5.15. The van der Waals surface area contributed by atoms with Gasteiger partial charge in [0.05, 0.1) is 23.1 Å². The highest BCUT2D eigenvalue weighted by Gasteiger charge is 2.32. The largest absolute Gasteiger partial charge is 0.416 e. The maximum atomic E-state index is 13.0. The van der Waals surface area contributed by atoms with Crippen LogP contribution in [0, 0.1) is 5.92 Å². The van der Waals surface area contributed by atoms with Crippen molar-refractivity contribution in [2.75, 3.05) is 13.1 Å². The molecule has 1 amide bonds. The zero-order valence-corrected chi connectivity index (χ0v) is 16.2. The molecule has 4 rings (SSSR count). The first-order valence-electron chi connectivity index (χ1n) is 10.2. The van der Waals surface area contributed by atoms with Crippen molar-refractivity contribution in [1.82, 2.24) is 14.9 Å². The van der Waals surface area contributed by atoms with Crippen molar-refractivity contribution in [3.63, 3.8) is 0 Å². The molecule has 154 valence electrons.